The molecule has 0 aliphatic carbocycles. The molecule has 1 heterocycles. The Morgan fingerprint density at radius 1 is 1.00 bits per heavy atom. The van der Waals surface area contributed by atoms with Gasteiger partial charge in [0.1, 0.15) is 6.54 Å². The number of carbonyl (C=O) groups excluding carboxylic acids is 2. The van der Waals surface area contributed by atoms with E-state index in [1.807, 2.05) is 0 Å². The van der Waals surface area contributed by atoms with E-state index in [4.69, 9.17) is 5.11 Å². The molecule has 29 heavy (non-hydrogen) atoms. The van der Waals surface area contributed by atoms with E-state index in [9.17, 15) is 24.6 Å². The van der Waals surface area contributed by atoms with Gasteiger partial charge in [0, 0.05) is 5.69 Å². The van der Waals surface area contributed by atoms with Gasteiger partial charge in [-0.3, -0.25) is 24.2 Å². The Balaban J connectivity index is 2.03. The third-order valence-electron chi connectivity index (χ3n) is 4.29. The largest absolute Gasteiger partial charge is 0.494 e. The number of aliphatic hydroxyl groups excluding tert-OH is 2. The average Bonchev–Trinajstić information content (AvgIpc) is 2.71. The minimum Gasteiger partial charge on any atom is -0.494 e. The van der Waals surface area contributed by atoms with E-state index in [1.54, 1.807) is 60.7 Å². The third-order valence-corrected chi connectivity index (χ3v) is 4.29. The minimum absolute atomic E-state index is 0.0346. The summed E-state index contributed by atoms with van der Waals surface area (Å²) in [6.45, 7) is -0.761. The molecule has 0 bridgehead atoms. The summed E-state index contributed by atoms with van der Waals surface area (Å²) >= 11 is 0. The quantitative estimate of drug-likeness (QED) is 0.530. The zero-order valence-electron chi connectivity index (χ0n) is 15.2. The SMILES string of the molecule is O=C(O)CNC(=O)C1=C(O)N(c2ccccc2)C(O)N(Cc2ccccc2)C1=O. The zero-order valence-corrected chi connectivity index (χ0v) is 15.2. The molecule has 0 aromatic heterocycles. The standard InChI is InChI=1S/C20H19N3O6/c24-15(25)11-21-17(26)16-18(27)22(12-13-7-3-1-4-8-13)20(29)23(19(16)28)14-9-5-2-6-10-14/h1-10,20,28-29H,11-12H2,(H,21,26)(H,24,25). The van der Waals surface area contributed by atoms with E-state index in [-0.39, 0.29) is 6.54 Å². The van der Waals surface area contributed by atoms with E-state index >= 15 is 0 Å². The van der Waals surface area contributed by atoms with Crippen LogP contribution in [0.2, 0.25) is 0 Å². The smallest absolute Gasteiger partial charge is 0.322 e. The van der Waals surface area contributed by atoms with Crippen LogP contribution in [-0.2, 0) is 20.9 Å². The summed E-state index contributed by atoms with van der Waals surface area (Å²) in [4.78, 5) is 38.2. The van der Waals surface area contributed by atoms with Gasteiger partial charge >= 0.3 is 5.97 Å². The van der Waals surface area contributed by atoms with Gasteiger partial charge in [0.2, 0.25) is 12.2 Å². The summed E-state index contributed by atoms with van der Waals surface area (Å²) in [5.41, 5.74) is 0.377. The lowest BCUT2D eigenvalue weighted by atomic mass is 10.1. The molecule has 0 saturated heterocycles. The van der Waals surface area contributed by atoms with Crippen molar-refractivity contribution >= 4 is 23.5 Å². The van der Waals surface area contributed by atoms with Crippen molar-refractivity contribution in [3.63, 3.8) is 0 Å². The molecule has 0 fully saturated rings. The fourth-order valence-corrected chi connectivity index (χ4v) is 2.93. The molecule has 3 rings (SSSR count). The summed E-state index contributed by atoms with van der Waals surface area (Å²) in [7, 11) is 0. The second-order valence-corrected chi connectivity index (χ2v) is 6.25. The third kappa shape index (κ3) is 4.19. The molecular weight excluding hydrogens is 378 g/mol. The van der Waals surface area contributed by atoms with E-state index in [0.29, 0.717) is 11.3 Å². The van der Waals surface area contributed by atoms with Crippen molar-refractivity contribution in [2.75, 3.05) is 11.4 Å². The average molecular weight is 397 g/mol. The van der Waals surface area contributed by atoms with E-state index in [2.05, 4.69) is 5.32 Å². The second-order valence-electron chi connectivity index (χ2n) is 6.25. The molecule has 2 aromatic rings. The maximum absolute atomic E-state index is 12.9. The summed E-state index contributed by atoms with van der Waals surface area (Å²) in [6.07, 6.45) is -1.58. The number of carboxylic acid groups (broad SMARTS) is 1. The number of nitrogens with zero attached hydrogens (tertiary/aromatic N) is 2. The van der Waals surface area contributed by atoms with Gasteiger partial charge < -0.3 is 20.6 Å². The molecule has 0 saturated carbocycles. The number of anilines is 1. The Hall–Kier alpha value is -3.85. The first kappa shape index (κ1) is 19.9. The zero-order chi connectivity index (χ0) is 21.0. The molecular formula is C20H19N3O6. The predicted molar refractivity (Wildman–Crippen MR) is 102 cm³/mol. The summed E-state index contributed by atoms with van der Waals surface area (Å²) in [5.74, 6) is -4.04. The molecule has 150 valence electrons. The van der Waals surface area contributed by atoms with Crippen LogP contribution in [0.25, 0.3) is 0 Å². The maximum Gasteiger partial charge on any atom is 0.322 e. The van der Waals surface area contributed by atoms with Crippen LogP contribution in [0, 0.1) is 0 Å². The van der Waals surface area contributed by atoms with Crippen LogP contribution in [0.5, 0.6) is 0 Å². The molecule has 1 aliphatic rings. The van der Waals surface area contributed by atoms with Gasteiger partial charge in [-0.25, -0.2) is 0 Å². The molecule has 2 aromatic carbocycles. The highest BCUT2D eigenvalue weighted by Gasteiger charge is 2.42. The lowest BCUT2D eigenvalue weighted by molar-refractivity contribution is -0.144. The molecule has 4 N–H and O–H groups in total. The van der Waals surface area contributed by atoms with Crippen LogP contribution in [0.1, 0.15) is 5.56 Å². The first-order chi connectivity index (χ1) is 13.9. The number of carbonyl (C=O) groups is 3. The number of aliphatic hydroxyl groups is 2. The fraction of sp³-hybridized carbons (Fsp3) is 0.150. The summed E-state index contributed by atoms with van der Waals surface area (Å²) in [5, 5.41) is 32.3. The van der Waals surface area contributed by atoms with Gasteiger partial charge in [-0.1, -0.05) is 48.5 Å². The minimum atomic E-state index is -1.58. The molecule has 9 heteroatoms. The molecule has 9 nitrogen and oxygen atoms in total. The number of rotatable bonds is 6. The van der Waals surface area contributed by atoms with Crippen LogP contribution in [0.3, 0.4) is 0 Å². The van der Waals surface area contributed by atoms with Crippen molar-refractivity contribution in [3.05, 3.63) is 77.7 Å². The van der Waals surface area contributed by atoms with Gasteiger partial charge in [-0.2, -0.15) is 0 Å². The Morgan fingerprint density at radius 2 is 1.59 bits per heavy atom. The number of hydrogen-bond acceptors (Lipinski definition) is 6. The molecule has 0 spiro atoms. The van der Waals surface area contributed by atoms with E-state index in [1.165, 1.54) is 0 Å². The van der Waals surface area contributed by atoms with Gasteiger partial charge in [0.05, 0.1) is 6.54 Å². The lowest BCUT2D eigenvalue weighted by Crippen LogP contribution is -2.57. The predicted octanol–water partition coefficient (Wildman–Crippen LogP) is 0.782. The molecule has 1 atom stereocenters. The highest BCUT2D eigenvalue weighted by molar-refractivity contribution is 6.20. The lowest BCUT2D eigenvalue weighted by Gasteiger charge is -2.41. The van der Waals surface area contributed by atoms with Crippen LogP contribution < -0.4 is 10.2 Å². The number of amides is 2. The highest BCUT2D eigenvalue weighted by atomic mass is 16.4. The van der Waals surface area contributed by atoms with E-state index < -0.39 is 42.1 Å². The first-order valence-electron chi connectivity index (χ1n) is 8.70. The molecule has 2 amide bonds. The van der Waals surface area contributed by atoms with Crippen LogP contribution in [0.15, 0.2) is 72.1 Å². The van der Waals surface area contributed by atoms with Crippen LogP contribution in [-0.4, -0.2) is 50.9 Å². The van der Waals surface area contributed by atoms with Crippen molar-refractivity contribution in [3.8, 4) is 0 Å². The number of hydrogen-bond donors (Lipinski definition) is 4. The van der Waals surface area contributed by atoms with Crippen LogP contribution in [0.4, 0.5) is 5.69 Å². The molecule has 1 unspecified atom stereocenters. The summed E-state index contributed by atoms with van der Waals surface area (Å²) < 4.78 is 0. The van der Waals surface area contributed by atoms with Crippen molar-refractivity contribution in [1.29, 1.82) is 0 Å². The van der Waals surface area contributed by atoms with Crippen molar-refractivity contribution < 1.29 is 29.7 Å². The first-order valence-corrected chi connectivity index (χ1v) is 8.70. The highest BCUT2D eigenvalue weighted by Crippen LogP contribution is 2.30. The topological polar surface area (TPSA) is 130 Å². The molecule has 1 aliphatic heterocycles. The number of aliphatic carboxylic acids is 1. The van der Waals surface area contributed by atoms with Gasteiger partial charge in [-0.05, 0) is 17.7 Å². The Bertz CT molecular complexity index is 945. The summed E-state index contributed by atoms with van der Waals surface area (Å²) in [6, 6.07) is 17.0. The Kier molecular flexibility index (Phi) is 5.79. The van der Waals surface area contributed by atoms with Crippen molar-refractivity contribution in [1.82, 2.24) is 10.2 Å². The normalized spacial score (nSPS) is 16.7. The van der Waals surface area contributed by atoms with Crippen LogP contribution >= 0.6 is 0 Å². The van der Waals surface area contributed by atoms with Crippen molar-refractivity contribution in [2.24, 2.45) is 0 Å². The maximum atomic E-state index is 12.9. The molecule has 0 radical (unpaired) electrons. The number of benzene rings is 2. The van der Waals surface area contributed by atoms with Gasteiger partial charge in [0.25, 0.3) is 11.8 Å². The van der Waals surface area contributed by atoms with Gasteiger partial charge in [-0.15, -0.1) is 0 Å². The van der Waals surface area contributed by atoms with Crippen molar-refractivity contribution in [2.45, 2.75) is 12.9 Å². The monoisotopic (exact) mass is 397 g/mol. The number of para-hydroxylation sites is 1. The van der Waals surface area contributed by atoms with Gasteiger partial charge in [0.15, 0.2) is 5.57 Å². The fourth-order valence-electron chi connectivity index (χ4n) is 2.93. The second kappa shape index (κ2) is 8.44. The number of nitrogens with one attached hydrogen (secondary N) is 1. The van der Waals surface area contributed by atoms with E-state index in [0.717, 1.165) is 9.80 Å². The Labute approximate surface area is 166 Å². The Morgan fingerprint density at radius 3 is 2.17 bits per heavy atom. The number of carboxylic acids is 1.